The van der Waals surface area contributed by atoms with Crippen LogP contribution in [-0.4, -0.2) is 29.6 Å². The van der Waals surface area contributed by atoms with Gasteiger partial charge < -0.3 is 5.32 Å². The SMILES string of the molecule is CCCC1CN(Cc2ccc(C(C)C)cc2)C(C)(C)CN1. The first-order valence-corrected chi connectivity index (χ1v) is 8.49. The van der Waals surface area contributed by atoms with Crippen molar-refractivity contribution >= 4 is 0 Å². The van der Waals surface area contributed by atoms with Gasteiger partial charge in [-0.05, 0) is 37.3 Å². The number of rotatable bonds is 5. The molecule has 0 aliphatic carbocycles. The highest BCUT2D eigenvalue weighted by atomic mass is 15.3. The summed E-state index contributed by atoms with van der Waals surface area (Å²) in [7, 11) is 0. The van der Waals surface area contributed by atoms with Crippen LogP contribution in [0.25, 0.3) is 0 Å². The zero-order valence-corrected chi connectivity index (χ0v) is 14.4. The molecule has 118 valence electrons. The van der Waals surface area contributed by atoms with Crippen LogP contribution in [0.3, 0.4) is 0 Å². The average molecular weight is 288 g/mol. The normalized spacial score (nSPS) is 22.7. The van der Waals surface area contributed by atoms with E-state index >= 15 is 0 Å². The molecule has 1 atom stereocenters. The molecule has 1 fully saturated rings. The summed E-state index contributed by atoms with van der Waals surface area (Å²) < 4.78 is 0. The van der Waals surface area contributed by atoms with Gasteiger partial charge in [-0.2, -0.15) is 0 Å². The molecule has 0 spiro atoms. The van der Waals surface area contributed by atoms with Crippen LogP contribution in [0.5, 0.6) is 0 Å². The van der Waals surface area contributed by atoms with Gasteiger partial charge in [0.25, 0.3) is 0 Å². The van der Waals surface area contributed by atoms with Gasteiger partial charge >= 0.3 is 0 Å². The molecule has 0 amide bonds. The highest BCUT2D eigenvalue weighted by molar-refractivity contribution is 5.25. The minimum absolute atomic E-state index is 0.237. The van der Waals surface area contributed by atoms with Crippen LogP contribution in [0.2, 0.25) is 0 Å². The van der Waals surface area contributed by atoms with Crippen molar-refractivity contribution in [1.82, 2.24) is 10.2 Å². The Hall–Kier alpha value is -0.860. The minimum atomic E-state index is 0.237. The third-order valence-electron chi connectivity index (χ3n) is 4.78. The van der Waals surface area contributed by atoms with Crippen LogP contribution in [-0.2, 0) is 6.54 Å². The van der Waals surface area contributed by atoms with Crippen molar-refractivity contribution in [2.75, 3.05) is 13.1 Å². The molecule has 2 rings (SSSR count). The van der Waals surface area contributed by atoms with Crippen molar-refractivity contribution < 1.29 is 0 Å². The summed E-state index contributed by atoms with van der Waals surface area (Å²) in [6.07, 6.45) is 2.54. The highest BCUT2D eigenvalue weighted by Crippen LogP contribution is 2.23. The lowest BCUT2D eigenvalue weighted by molar-refractivity contribution is 0.0564. The summed E-state index contributed by atoms with van der Waals surface area (Å²) in [5.41, 5.74) is 3.10. The highest BCUT2D eigenvalue weighted by Gasteiger charge is 2.33. The Morgan fingerprint density at radius 3 is 2.48 bits per heavy atom. The van der Waals surface area contributed by atoms with Crippen LogP contribution < -0.4 is 5.32 Å². The molecule has 0 aromatic heterocycles. The molecule has 0 saturated carbocycles. The summed E-state index contributed by atoms with van der Waals surface area (Å²) in [5.74, 6) is 0.614. The molecule has 2 heteroatoms. The number of piperazine rings is 1. The van der Waals surface area contributed by atoms with Crippen molar-refractivity contribution in [3.8, 4) is 0 Å². The summed E-state index contributed by atoms with van der Waals surface area (Å²) in [6, 6.07) is 9.85. The third-order valence-corrected chi connectivity index (χ3v) is 4.78. The van der Waals surface area contributed by atoms with Crippen molar-refractivity contribution in [2.24, 2.45) is 0 Å². The fourth-order valence-electron chi connectivity index (χ4n) is 3.13. The van der Waals surface area contributed by atoms with E-state index in [-0.39, 0.29) is 5.54 Å². The third kappa shape index (κ3) is 4.31. The zero-order valence-electron chi connectivity index (χ0n) is 14.4. The minimum Gasteiger partial charge on any atom is -0.311 e. The lowest BCUT2D eigenvalue weighted by atomic mass is 9.94. The van der Waals surface area contributed by atoms with E-state index in [2.05, 4.69) is 69.1 Å². The molecule has 0 bridgehead atoms. The van der Waals surface area contributed by atoms with Crippen LogP contribution in [0.4, 0.5) is 0 Å². The maximum Gasteiger partial charge on any atom is 0.0281 e. The maximum atomic E-state index is 3.71. The van der Waals surface area contributed by atoms with Crippen molar-refractivity contribution in [3.05, 3.63) is 35.4 Å². The Morgan fingerprint density at radius 1 is 1.24 bits per heavy atom. The molecule has 1 aliphatic heterocycles. The predicted octanol–water partition coefficient (Wildman–Crippen LogP) is 4.16. The van der Waals surface area contributed by atoms with Gasteiger partial charge in [0, 0.05) is 31.2 Å². The fourth-order valence-corrected chi connectivity index (χ4v) is 3.13. The van der Waals surface area contributed by atoms with Gasteiger partial charge in [-0.25, -0.2) is 0 Å². The monoisotopic (exact) mass is 288 g/mol. The Balaban J connectivity index is 2.04. The van der Waals surface area contributed by atoms with E-state index in [4.69, 9.17) is 0 Å². The lowest BCUT2D eigenvalue weighted by Crippen LogP contribution is -2.61. The number of hydrogen-bond donors (Lipinski definition) is 1. The topological polar surface area (TPSA) is 15.3 Å². The maximum absolute atomic E-state index is 3.71. The number of hydrogen-bond acceptors (Lipinski definition) is 2. The number of benzene rings is 1. The molecular formula is C19H32N2. The van der Waals surface area contributed by atoms with E-state index in [0.717, 1.165) is 19.6 Å². The average Bonchev–Trinajstić information content (AvgIpc) is 2.43. The van der Waals surface area contributed by atoms with Crippen molar-refractivity contribution in [2.45, 2.75) is 71.5 Å². The molecule has 1 heterocycles. The van der Waals surface area contributed by atoms with Gasteiger partial charge in [-0.3, -0.25) is 4.90 Å². The number of nitrogens with one attached hydrogen (secondary N) is 1. The second kappa shape index (κ2) is 6.93. The first-order valence-electron chi connectivity index (χ1n) is 8.49. The van der Waals surface area contributed by atoms with E-state index in [1.54, 1.807) is 0 Å². The molecule has 2 nitrogen and oxygen atoms in total. The Labute approximate surface area is 130 Å². The van der Waals surface area contributed by atoms with Crippen LogP contribution >= 0.6 is 0 Å². The molecule has 1 unspecified atom stereocenters. The largest absolute Gasteiger partial charge is 0.311 e. The predicted molar refractivity (Wildman–Crippen MR) is 91.7 cm³/mol. The van der Waals surface area contributed by atoms with Gasteiger partial charge in [0.05, 0.1) is 0 Å². The summed E-state index contributed by atoms with van der Waals surface area (Å²) in [4.78, 5) is 2.65. The van der Waals surface area contributed by atoms with Gasteiger partial charge in [-0.1, -0.05) is 51.5 Å². The van der Waals surface area contributed by atoms with Gasteiger partial charge in [-0.15, -0.1) is 0 Å². The quantitative estimate of drug-likeness (QED) is 0.875. The second-order valence-electron chi connectivity index (χ2n) is 7.46. The molecule has 1 aromatic rings. The second-order valence-corrected chi connectivity index (χ2v) is 7.46. The van der Waals surface area contributed by atoms with E-state index in [9.17, 15) is 0 Å². The summed E-state index contributed by atoms with van der Waals surface area (Å²) >= 11 is 0. The Morgan fingerprint density at radius 2 is 1.90 bits per heavy atom. The number of nitrogens with zero attached hydrogens (tertiary/aromatic N) is 1. The standard InChI is InChI=1S/C19H32N2/c1-6-7-18-13-21(19(4,5)14-20-18)12-16-8-10-17(11-9-16)15(2)3/h8-11,15,18,20H,6-7,12-14H2,1-5H3. The van der Waals surface area contributed by atoms with Gasteiger partial charge in [0.2, 0.25) is 0 Å². The van der Waals surface area contributed by atoms with Crippen LogP contribution in [0.15, 0.2) is 24.3 Å². The van der Waals surface area contributed by atoms with Crippen molar-refractivity contribution in [3.63, 3.8) is 0 Å². The van der Waals surface area contributed by atoms with Crippen LogP contribution in [0, 0.1) is 0 Å². The molecular weight excluding hydrogens is 256 g/mol. The van der Waals surface area contributed by atoms with Gasteiger partial charge in [0.1, 0.15) is 0 Å². The van der Waals surface area contributed by atoms with E-state index in [1.165, 1.54) is 24.0 Å². The molecule has 1 saturated heterocycles. The zero-order chi connectivity index (χ0) is 15.5. The van der Waals surface area contributed by atoms with Crippen molar-refractivity contribution in [1.29, 1.82) is 0 Å². The smallest absolute Gasteiger partial charge is 0.0281 e. The first-order chi connectivity index (χ1) is 9.92. The Kier molecular flexibility index (Phi) is 5.45. The molecule has 1 aromatic carbocycles. The molecule has 1 N–H and O–H groups in total. The lowest BCUT2D eigenvalue weighted by Gasteiger charge is -2.46. The summed E-state index contributed by atoms with van der Waals surface area (Å²) in [6.45, 7) is 14.8. The molecule has 0 radical (unpaired) electrons. The molecule has 1 aliphatic rings. The van der Waals surface area contributed by atoms with E-state index < -0.39 is 0 Å². The summed E-state index contributed by atoms with van der Waals surface area (Å²) in [5, 5.41) is 3.71. The van der Waals surface area contributed by atoms with E-state index in [1.807, 2.05) is 0 Å². The molecule has 21 heavy (non-hydrogen) atoms. The fraction of sp³-hybridized carbons (Fsp3) is 0.684. The van der Waals surface area contributed by atoms with E-state index in [0.29, 0.717) is 12.0 Å². The first kappa shape index (κ1) is 16.5. The van der Waals surface area contributed by atoms with Gasteiger partial charge in [0.15, 0.2) is 0 Å². The Bertz CT molecular complexity index is 433. The van der Waals surface area contributed by atoms with Crippen LogP contribution in [0.1, 0.15) is 64.5 Å².